The number of amides is 2. The molecule has 0 aliphatic carbocycles. The summed E-state index contributed by atoms with van der Waals surface area (Å²) in [6, 6.07) is 7.72. The van der Waals surface area contributed by atoms with Crippen LogP contribution < -0.4 is 10.6 Å². The molecular formula is C14H17BrN4O. The standard InChI is InChI=1S/C14H17BrN4O/c1-11(9-19-6-5-16-10-19)18-14(20)17-8-12-3-2-4-13(15)7-12/h2-7,10-11H,8-9H2,1H3,(H2,17,18,20). The van der Waals surface area contributed by atoms with E-state index >= 15 is 0 Å². The second kappa shape index (κ2) is 7.09. The van der Waals surface area contributed by atoms with Crippen LogP contribution in [0.3, 0.4) is 0 Å². The predicted octanol–water partition coefficient (Wildman–Crippen LogP) is 2.53. The molecule has 1 aromatic heterocycles. The molecule has 1 aromatic carbocycles. The van der Waals surface area contributed by atoms with Crippen molar-refractivity contribution in [2.24, 2.45) is 0 Å². The zero-order valence-electron chi connectivity index (χ0n) is 11.2. The Hall–Kier alpha value is -1.82. The highest BCUT2D eigenvalue weighted by molar-refractivity contribution is 9.10. The molecule has 1 unspecified atom stereocenters. The number of halogens is 1. The lowest BCUT2D eigenvalue weighted by Crippen LogP contribution is -2.42. The number of urea groups is 1. The zero-order valence-corrected chi connectivity index (χ0v) is 12.8. The molecule has 2 N–H and O–H groups in total. The zero-order chi connectivity index (χ0) is 14.4. The Kier molecular flexibility index (Phi) is 5.17. The molecule has 2 aromatic rings. The second-order valence-corrected chi connectivity index (χ2v) is 5.53. The first-order valence-corrected chi connectivity index (χ1v) is 7.17. The molecular weight excluding hydrogens is 320 g/mol. The minimum Gasteiger partial charge on any atom is -0.335 e. The largest absolute Gasteiger partial charge is 0.335 e. The Morgan fingerprint density at radius 2 is 2.35 bits per heavy atom. The van der Waals surface area contributed by atoms with Gasteiger partial charge >= 0.3 is 6.03 Å². The highest BCUT2D eigenvalue weighted by Gasteiger charge is 2.07. The summed E-state index contributed by atoms with van der Waals surface area (Å²) in [7, 11) is 0. The lowest BCUT2D eigenvalue weighted by atomic mass is 10.2. The molecule has 1 atom stereocenters. The monoisotopic (exact) mass is 336 g/mol. The quantitative estimate of drug-likeness (QED) is 0.881. The van der Waals surface area contributed by atoms with Crippen molar-refractivity contribution < 1.29 is 4.79 Å². The van der Waals surface area contributed by atoms with Gasteiger partial charge in [-0.2, -0.15) is 0 Å². The second-order valence-electron chi connectivity index (χ2n) is 4.62. The summed E-state index contributed by atoms with van der Waals surface area (Å²) in [5, 5.41) is 5.73. The van der Waals surface area contributed by atoms with Gasteiger partial charge in [0.05, 0.1) is 6.33 Å². The van der Waals surface area contributed by atoms with E-state index in [1.165, 1.54) is 0 Å². The van der Waals surface area contributed by atoms with Crippen LogP contribution in [0.5, 0.6) is 0 Å². The molecule has 0 fully saturated rings. The number of rotatable bonds is 5. The molecule has 106 valence electrons. The van der Waals surface area contributed by atoms with Crippen molar-refractivity contribution >= 4 is 22.0 Å². The lowest BCUT2D eigenvalue weighted by Gasteiger charge is -2.15. The Morgan fingerprint density at radius 1 is 1.50 bits per heavy atom. The molecule has 0 aliphatic rings. The number of imidazole rings is 1. The Bertz CT molecular complexity index is 556. The van der Waals surface area contributed by atoms with Gasteiger partial charge in [-0.15, -0.1) is 0 Å². The fourth-order valence-corrected chi connectivity index (χ4v) is 2.31. The number of carbonyl (C=O) groups is 1. The number of nitrogens with zero attached hydrogens (tertiary/aromatic N) is 2. The molecule has 2 rings (SSSR count). The van der Waals surface area contributed by atoms with Gasteiger partial charge in [0, 0.05) is 36.0 Å². The molecule has 1 heterocycles. The fraction of sp³-hybridized carbons (Fsp3) is 0.286. The maximum absolute atomic E-state index is 11.8. The summed E-state index contributed by atoms with van der Waals surface area (Å²) in [6.07, 6.45) is 5.33. The van der Waals surface area contributed by atoms with Crippen LogP contribution in [0, 0.1) is 0 Å². The smallest absolute Gasteiger partial charge is 0.315 e. The van der Waals surface area contributed by atoms with Gasteiger partial charge in [-0.25, -0.2) is 9.78 Å². The van der Waals surface area contributed by atoms with Crippen LogP contribution in [0.25, 0.3) is 0 Å². The third-order valence-electron chi connectivity index (χ3n) is 2.76. The maximum Gasteiger partial charge on any atom is 0.315 e. The Balaban J connectivity index is 1.75. The van der Waals surface area contributed by atoms with Crippen LogP contribution in [0.15, 0.2) is 47.5 Å². The molecule has 2 amide bonds. The van der Waals surface area contributed by atoms with Crippen molar-refractivity contribution in [2.45, 2.75) is 26.1 Å². The van der Waals surface area contributed by atoms with Crippen molar-refractivity contribution in [3.05, 3.63) is 53.0 Å². The summed E-state index contributed by atoms with van der Waals surface area (Å²) in [4.78, 5) is 15.8. The molecule has 20 heavy (non-hydrogen) atoms. The van der Waals surface area contributed by atoms with E-state index in [2.05, 4.69) is 31.5 Å². The van der Waals surface area contributed by atoms with E-state index in [-0.39, 0.29) is 12.1 Å². The van der Waals surface area contributed by atoms with E-state index in [0.717, 1.165) is 10.0 Å². The summed E-state index contributed by atoms with van der Waals surface area (Å²) in [5.41, 5.74) is 1.05. The Morgan fingerprint density at radius 3 is 3.05 bits per heavy atom. The summed E-state index contributed by atoms with van der Waals surface area (Å²) < 4.78 is 2.94. The minimum atomic E-state index is -0.169. The van der Waals surface area contributed by atoms with Crippen molar-refractivity contribution in [3.8, 4) is 0 Å². The fourth-order valence-electron chi connectivity index (χ4n) is 1.86. The molecule has 0 radical (unpaired) electrons. The van der Waals surface area contributed by atoms with Gasteiger partial charge in [-0.05, 0) is 24.6 Å². The van der Waals surface area contributed by atoms with Crippen molar-refractivity contribution in [1.82, 2.24) is 20.2 Å². The molecule has 0 bridgehead atoms. The number of aromatic nitrogens is 2. The molecule has 6 heteroatoms. The highest BCUT2D eigenvalue weighted by Crippen LogP contribution is 2.11. The van der Waals surface area contributed by atoms with E-state index in [1.807, 2.05) is 42.0 Å². The van der Waals surface area contributed by atoms with Crippen molar-refractivity contribution in [2.75, 3.05) is 0 Å². The molecule has 0 aliphatic heterocycles. The first-order chi connectivity index (χ1) is 9.63. The van der Waals surface area contributed by atoms with Crippen LogP contribution in [0.1, 0.15) is 12.5 Å². The minimum absolute atomic E-state index is 0.0340. The molecule has 0 spiro atoms. The Labute approximate surface area is 126 Å². The molecule has 0 saturated carbocycles. The third-order valence-corrected chi connectivity index (χ3v) is 3.26. The van der Waals surface area contributed by atoms with Gasteiger partial charge in [0.25, 0.3) is 0 Å². The SMILES string of the molecule is CC(Cn1ccnc1)NC(=O)NCc1cccc(Br)c1. The highest BCUT2D eigenvalue weighted by atomic mass is 79.9. The van der Waals surface area contributed by atoms with Gasteiger partial charge in [0.15, 0.2) is 0 Å². The van der Waals surface area contributed by atoms with E-state index in [1.54, 1.807) is 12.5 Å². The van der Waals surface area contributed by atoms with E-state index < -0.39 is 0 Å². The normalized spacial score (nSPS) is 11.9. The summed E-state index contributed by atoms with van der Waals surface area (Å²) in [6.45, 7) is 3.16. The van der Waals surface area contributed by atoms with Gasteiger partial charge in [0.2, 0.25) is 0 Å². The average Bonchev–Trinajstić information content (AvgIpc) is 2.89. The van der Waals surface area contributed by atoms with Crippen molar-refractivity contribution in [1.29, 1.82) is 0 Å². The number of carbonyl (C=O) groups excluding carboxylic acids is 1. The van der Waals surface area contributed by atoms with Gasteiger partial charge in [-0.1, -0.05) is 28.1 Å². The number of benzene rings is 1. The van der Waals surface area contributed by atoms with E-state index in [9.17, 15) is 4.79 Å². The van der Waals surface area contributed by atoms with Gasteiger partial charge < -0.3 is 15.2 Å². The van der Waals surface area contributed by atoms with Crippen LogP contribution in [-0.4, -0.2) is 21.6 Å². The van der Waals surface area contributed by atoms with Gasteiger partial charge in [-0.3, -0.25) is 0 Å². The predicted molar refractivity (Wildman–Crippen MR) is 81.2 cm³/mol. The average molecular weight is 337 g/mol. The first-order valence-electron chi connectivity index (χ1n) is 6.38. The number of hydrogen-bond acceptors (Lipinski definition) is 2. The van der Waals surface area contributed by atoms with E-state index in [0.29, 0.717) is 13.1 Å². The lowest BCUT2D eigenvalue weighted by molar-refractivity contribution is 0.236. The van der Waals surface area contributed by atoms with Crippen LogP contribution >= 0.6 is 15.9 Å². The topological polar surface area (TPSA) is 59.0 Å². The van der Waals surface area contributed by atoms with Crippen LogP contribution in [-0.2, 0) is 13.1 Å². The first kappa shape index (κ1) is 14.6. The maximum atomic E-state index is 11.8. The van der Waals surface area contributed by atoms with Crippen molar-refractivity contribution in [3.63, 3.8) is 0 Å². The molecule has 5 nitrogen and oxygen atoms in total. The molecule has 0 saturated heterocycles. The van der Waals surface area contributed by atoms with Gasteiger partial charge in [0.1, 0.15) is 0 Å². The van der Waals surface area contributed by atoms with Crippen LogP contribution in [0.4, 0.5) is 4.79 Å². The van der Waals surface area contributed by atoms with Crippen LogP contribution in [0.2, 0.25) is 0 Å². The van der Waals surface area contributed by atoms with E-state index in [4.69, 9.17) is 0 Å². The number of nitrogens with one attached hydrogen (secondary N) is 2. The summed E-state index contributed by atoms with van der Waals surface area (Å²) in [5.74, 6) is 0. The third kappa shape index (κ3) is 4.70. The number of hydrogen-bond donors (Lipinski definition) is 2. The summed E-state index contributed by atoms with van der Waals surface area (Å²) >= 11 is 3.41.